The van der Waals surface area contributed by atoms with Gasteiger partial charge in [0.15, 0.2) is 0 Å². The van der Waals surface area contributed by atoms with Gasteiger partial charge in [-0.15, -0.1) is 0 Å². The summed E-state index contributed by atoms with van der Waals surface area (Å²) in [4.78, 5) is 14.4. The minimum Gasteiger partial charge on any atom is -0.323 e. The van der Waals surface area contributed by atoms with Gasteiger partial charge in [0, 0.05) is 6.04 Å². The lowest BCUT2D eigenvalue weighted by atomic mass is 9.86. The average Bonchev–Trinajstić information content (AvgIpc) is 2.67. The Morgan fingerprint density at radius 2 is 2.19 bits per heavy atom. The van der Waals surface area contributed by atoms with E-state index < -0.39 is 0 Å². The number of carbonyl (C=O) groups is 1. The second-order valence-corrected chi connectivity index (χ2v) is 5.95. The summed E-state index contributed by atoms with van der Waals surface area (Å²) in [6.45, 7) is 8.78. The van der Waals surface area contributed by atoms with Gasteiger partial charge in [-0.05, 0) is 31.6 Å². The highest BCUT2D eigenvalue weighted by molar-refractivity contribution is 5.84. The van der Waals surface area contributed by atoms with Crippen LogP contribution in [0.5, 0.6) is 0 Å². The van der Waals surface area contributed by atoms with Gasteiger partial charge < -0.3 is 4.90 Å². The third-order valence-electron chi connectivity index (χ3n) is 4.36. The van der Waals surface area contributed by atoms with E-state index in [2.05, 4.69) is 37.9 Å². The molecule has 0 spiro atoms. The van der Waals surface area contributed by atoms with Crippen LogP contribution in [-0.2, 0) is 4.79 Å². The van der Waals surface area contributed by atoms with Gasteiger partial charge in [-0.1, -0.05) is 27.2 Å². The van der Waals surface area contributed by atoms with Gasteiger partial charge in [0.1, 0.15) is 0 Å². The Kier molecular flexibility index (Phi) is 2.99. The summed E-state index contributed by atoms with van der Waals surface area (Å²) in [6, 6.07) is 0.477. The lowest BCUT2D eigenvalue weighted by Crippen LogP contribution is -2.47. The van der Waals surface area contributed by atoms with E-state index in [9.17, 15) is 4.79 Å². The van der Waals surface area contributed by atoms with Crippen molar-refractivity contribution in [2.45, 2.75) is 71.6 Å². The van der Waals surface area contributed by atoms with Crippen LogP contribution < -0.4 is 5.32 Å². The van der Waals surface area contributed by atoms with Crippen molar-refractivity contribution in [1.29, 1.82) is 0 Å². The first-order chi connectivity index (χ1) is 7.47. The van der Waals surface area contributed by atoms with Crippen LogP contribution in [0.2, 0.25) is 0 Å². The largest absolute Gasteiger partial charge is 0.323 e. The van der Waals surface area contributed by atoms with Crippen LogP contribution >= 0.6 is 0 Å². The molecule has 0 bridgehead atoms. The molecule has 0 aromatic carbocycles. The Balaban J connectivity index is 2.18. The summed E-state index contributed by atoms with van der Waals surface area (Å²) >= 11 is 0. The first-order valence-electron chi connectivity index (χ1n) is 6.55. The van der Waals surface area contributed by atoms with Gasteiger partial charge in [0.05, 0.1) is 12.2 Å². The molecule has 2 fully saturated rings. The van der Waals surface area contributed by atoms with Crippen LogP contribution in [0.1, 0.15) is 53.4 Å². The van der Waals surface area contributed by atoms with Crippen LogP contribution in [0.4, 0.5) is 0 Å². The smallest absolute Gasteiger partial charge is 0.241 e. The molecule has 1 saturated heterocycles. The van der Waals surface area contributed by atoms with Crippen molar-refractivity contribution in [3.8, 4) is 0 Å². The fourth-order valence-electron chi connectivity index (χ4n) is 3.35. The van der Waals surface area contributed by atoms with E-state index in [1.165, 1.54) is 19.3 Å². The highest BCUT2D eigenvalue weighted by atomic mass is 16.2. The molecule has 1 heterocycles. The lowest BCUT2D eigenvalue weighted by Gasteiger charge is -2.37. The van der Waals surface area contributed by atoms with Crippen molar-refractivity contribution in [1.82, 2.24) is 10.2 Å². The SMILES string of the molecule is CCC1NC(C)N(C2CCCC2(C)C)C1=O. The summed E-state index contributed by atoms with van der Waals surface area (Å²) in [5.41, 5.74) is 0.286. The molecule has 2 aliphatic rings. The molecule has 2 rings (SSSR count). The topological polar surface area (TPSA) is 32.3 Å². The third kappa shape index (κ3) is 1.75. The molecule has 16 heavy (non-hydrogen) atoms. The Bertz CT molecular complexity index is 288. The van der Waals surface area contributed by atoms with Gasteiger partial charge in [-0.3, -0.25) is 10.1 Å². The van der Waals surface area contributed by atoms with Crippen LogP contribution in [0.3, 0.4) is 0 Å². The zero-order valence-corrected chi connectivity index (χ0v) is 10.9. The minimum absolute atomic E-state index is 0.0476. The highest BCUT2D eigenvalue weighted by Gasteiger charge is 2.46. The second-order valence-electron chi connectivity index (χ2n) is 5.95. The molecule has 1 amide bonds. The van der Waals surface area contributed by atoms with Crippen molar-refractivity contribution in [2.24, 2.45) is 5.41 Å². The van der Waals surface area contributed by atoms with Gasteiger partial charge in [-0.2, -0.15) is 0 Å². The normalized spacial score (nSPS) is 38.4. The Morgan fingerprint density at radius 3 is 2.62 bits per heavy atom. The predicted molar refractivity (Wildman–Crippen MR) is 64.9 cm³/mol. The molecule has 3 unspecified atom stereocenters. The highest BCUT2D eigenvalue weighted by Crippen LogP contribution is 2.42. The van der Waals surface area contributed by atoms with Crippen molar-refractivity contribution >= 4 is 5.91 Å². The standard InChI is InChI=1S/C13H24N2O/c1-5-10-12(16)15(9(2)14-10)11-7-6-8-13(11,3)4/h9-11,14H,5-8H2,1-4H3. The first kappa shape index (κ1) is 11.9. The Labute approximate surface area is 98.6 Å². The van der Waals surface area contributed by atoms with Gasteiger partial charge >= 0.3 is 0 Å². The molecular weight excluding hydrogens is 200 g/mol. The number of nitrogens with one attached hydrogen (secondary N) is 1. The maximum Gasteiger partial charge on any atom is 0.241 e. The number of rotatable bonds is 2. The van der Waals surface area contributed by atoms with Crippen LogP contribution in [-0.4, -0.2) is 29.1 Å². The predicted octanol–water partition coefficient (Wildman–Crippen LogP) is 2.12. The zero-order valence-electron chi connectivity index (χ0n) is 10.9. The number of nitrogens with zero attached hydrogens (tertiary/aromatic N) is 1. The van der Waals surface area contributed by atoms with E-state index in [0.29, 0.717) is 11.9 Å². The van der Waals surface area contributed by atoms with Crippen molar-refractivity contribution in [3.05, 3.63) is 0 Å². The number of carbonyl (C=O) groups excluding carboxylic acids is 1. The second kappa shape index (κ2) is 4.02. The minimum atomic E-state index is 0.0476. The Morgan fingerprint density at radius 1 is 1.50 bits per heavy atom. The molecule has 3 heteroatoms. The maximum atomic E-state index is 12.3. The van der Waals surface area contributed by atoms with E-state index in [0.717, 1.165) is 6.42 Å². The number of hydrogen-bond acceptors (Lipinski definition) is 2. The fraction of sp³-hybridized carbons (Fsp3) is 0.923. The van der Waals surface area contributed by atoms with Crippen molar-refractivity contribution < 1.29 is 4.79 Å². The summed E-state index contributed by atoms with van der Waals surface area (Å²) < 4.78 is 0. The molecule has 3 nitrogen and oxygen atoms in total. The Hall–Kier alpha value is -0.570. The molecule has 3 atom stereocenters. The average molecular weight is 224 g/mol. The number of hydrogen-bond donors (Lipinski definition) is 1. The van der Waals surface area contributed by atoms with Crippen LogP contribution in [0, 0.1) is 5.41 Å². The molecule has 0 radical (unpaired) electrons. The molecule has 1 aliphatic heterocycles. The molecule has 1 saturated carbocycles. The van der Waals surface area contributed by atoms with Gasteiger partial charge in [0.25, 0.3) is 0 Å². The van der Waals surface area contributed by atoms with E-state index in [-0.39, 0.29) is 17.6 Å². The molecule has 1 aliphatic carbocycles. The van der Waals surface area contributed by atoms with E-state index in [1.54, 1.807) is 0 Å². The molecule has 1 N–H and O–H groups in total. The van der Waals surface area contributed by atoms with Crippen LogP contribution in [0.15, 0.2) is 0 Å². The molecule has 92 valence electrons. The zero-order chi connectivity index (χ0) is 11.9. The van der Waals surface area contributed by atoms with E-state index in [4.69, 9.17) is 0 Å². The molecule has 0 aromatic rings. The summed E-state index contributed by atoms with van der Waals surface area (Å²) in [7, 11) is 0. The summed E-state index contributed by atoms with van der Waals surface area (Å²) in [5, 5.41) is 3.39. The molecule has 0 aromatic heterocycles. The van der Waals surface area contributed by atoms with E-state index in [1.807, 2.05) is 0 Å². The fourth-order valence-corrected chi connectivity index (χ4v) is 3.35. The van der Waals surface area contributed by atoms with Crippen LogP contribution in [0.25, 0.3) is 0 Å². The summed E-state index contributed by atoms with van der Waals surface area (Å²) in [5.74, 6) is 0.315. The maximum absolute atomic E-state index is 12.3. The summed E-state index contributed by atoms with van der Waals surface area (Å²) in [6.07, 6.45) is 4.77. The van der Waals surface area contributed by atoms with Gasteiger partial charge in [0.2, 0.25) is 5.91 Å². The lowest BCUT2D eigenvalue weighted by molar-refractivity contribution is -0.134. The van der Waals surface area contributed by atoms with Crippen molar-refractivity contribution in [3.63, 3.8) is 0 Å². The van der Waals surface area contributed by atoms with E-state index >= 15 is 0 Å². The number of amides is 1. The monoisotopic (exact) mass is 224 g/mol. The quantitative estimate of drug-likeness (QED) is 0.779. The third-order valence-corrected chi connectivity index (χ3v) is 4.36. The molecular formula is C13H24N2O. The van der Waals surface area contributed by atoms with Crippen molar-refractivity contribution in [2.75, 3.05) is 0 Å². The first-order valence-corrected chi connectivity index (χ1v) is 6.55. The van der Waals surface area contributed by atoms with Gasteiger partial charge in [-0.25, -0.2) is 0 Å².